The molecule has 1 aromatic carbocycles. The minimum atomic E-state index is -3.97. The summed E-state index contributed by atoms with van der Waals surface area (Å²) in [4.78, 5) is 39.3. The van der Waals surface area contributed by atoms with E-state index in [0.717, 1.165) is 29.7 Å². The van der Waals surface area contributed by atoms with E-state index in [1.807, 2.05) is 0 Å². The van der Waals surface area contributed by atoms with E-state index >= 15 is 0 Å². The molecule has 0 radical (unpaired) electrons. The molecule has 202 valence electrons. The number of rotatable bonds is 10. The zero-order valence-corrected chi connectivity index (χ0v) is 23.3. The highest BCUT2D eigenvalue weighted by Gasteiger charge is 2.32. The van der Waals surface area contributed by atoms with Gasteiger partial charge in [-0.2, -0.15) is 4.72 Å². The molecule has 2 aromatic rings. The van der Waals surface area contributed by atoms with E-state index in [2.05, 4.69) is 17.0 Å². The van der Waals surface area contributed by atoms with E-state index in [9.17, 15) is 22.8 Å². The predicted octanol–water partition coefficient (Wildman–Crippen LogP) is 3.92. The number of amides is 1. The van der Waals surface area contributed by atoms with Gasteiger partial charge in [-0.1, -0.05) is 39.0 Å². The summed E-state index contributed by atoms with van der Waals surface area (Å²) in [6.07, 6.45) is 2.15. The van der Waals surface area contributed by atoms with Crippen LogP contribution in [0.1, 0.15) is 61.8 Å². The van der Waals surface area contributed by atoms with E-state index in [1.54, 1.807) is 45.9 Å². The Morgan fingerprint density at radius 1 is 1.11 bits per heavy atom. The molecule has 0 aliphatic heterocycles. The maximum Gasteiger partial charge on any atom is 0.341 e. The minimum Gasteiger partial charge on any atom is -0.459 e. The number of carbonyl (C=O) groups excluding carboxylic acids is 3. The van der Waals surface area contributed by atoms with Crippen molar-refractivity contribution in [3.8, 4) is 0 Å². The molecule has 11 heteroatoms. The van der Waals surface area contributed by atoms with Crippen LogP contribution in [0.25, 0.3) is 0 Å². The predicted molar refractivity (Wildman–Crippen MR) is 141 cm³/mol. The number of ether oxygens (including phenoxy) is 2. The number of sulfonamides is 1. The van der Waals surface area contributed by atoms with Crippen molar-refractivity contribution in [2.24, 2.45) is 11.8 Å². The van der Waals surface area contributed by atoms with Crippen molar-refractivity contribution in [3.63, 3.8) is 0 Å². The zero-order chi connectivity index (χ0) is 27.3. The fourth-order valence-electron chi connectivity index (χ4n) is 4.01. The van der Waals surface area contributed by atoms with Crippen molar-refractivity contribution in [2.75, 3.05) is 11.9 Å². The van der Waals surface area contributed by atoms with Gasteiger partial charge in [-0.25, -0.2) is 13.2 Å². The molecule has 37 heavy (non-hydrogen) atoms. The second-order valence-corrected chi connectivity index (χ2v) is 12.6. The van der Waals surface area contributed by atoms with Crippen LogP contribution in [0.4, 0.5) is 5.00 Å². The van der Waals surface area contributed by atoms with Crippen LogP contribution < -0.4 is 10.0 Å². The lowest BCUT2D eigenvalue weighted by molar-refractivity contribution is -0.150. The summed E-state index contributed by atoms with van der Waals surface area (Å²) in [5.41, 5.74) is 1.26. The molecule has 0 unspecified atom stereocenters. The zero-order valence-electron chi connectivity index (χ0n) is 21.7. The highest BCUT2D eigenvalue weighted by Crippen LogP contribution is 2.40. The number of esters is 2. The van der Waals surface area contributed by atoms with Crippen molar-refractivity contribution in [1.29, 1.82) is 0 Å². The van der Waals surface area contributed by atoms with E-state index in [4.69, 9.17) is 9.47 Å². The van der Waals surface area contributed by atoms with Gasteiger partial charge in [-0.15, -0.1) is 11.3 Å². The average molecular weight is 551 g/mol. The molecule has 1 amide bonds. The van der Waals surface area contributed by atoms with Gasteiger partial charge in [0, 0.05) is 4.88 Å². The first-order valence-electron chi connectivity index (χ1n) is 12.3. The number of hydrogen-bond donors (Lipinski definition) is 2. The lowest BCUT2D eigenvalue weighted by Gasteiger charge is -2.20. The second kappa shape index (κ2) is 12.2. The number of carbonyl (C=O) groups is 3. The van der Waals surface area contributed by atoms with Gasteiger partial charge in [-0.05, 0) is 62.6 Å². The van der Waals surface area contributed by atoms with Crippen molar-refractivity contribution < 1.29 is 32.3 Å². The molecule has 0 fully saturated rings. The van der Waals surface area contributed by atoms with Crippen LogP contribution in [0.5, 0.6) is 0 Å². The van der Waals surface area contributed by atoms with Gasteiger partial charge in [0.15, 0.2) is 6.61 Å². The summed E-state index contributed by atoms with van der Waals surface area (Å²) in [7, 11) is -3.97. The third kappa shape index (κ3) is 7.39. The standard InChI is InChI=1S/C26H34N2O7S2/c1-15(2)23(28-37(32,33)18-9-7-6-8-10-18)26(31)34-14-21(29)27-24-22(25(30)35-16(3)4)19-12-11-17(5)13-20(19)36-24/h6-10,15-17,23,28H,11-14H2,1-5H3,(H,27,29)/t17-,23+/m1/s1. The van der Waals surface area contributed by atoms with Gasteiger partial charge in [0.2, 0.25) is 10.0 Å². The molecular formula is C26H34N2O7S2. The molecule has 0 spiro atoms. The molecule has 3 rings (SSSR count). The third-order valence-electron chi connectivity index (χ3n) is 5.91. The fourth-order valence-corrected chi connectivity index (χ4v) is 6.78. The Kier molecular flexibility index (Phi) is 9.49. The summed E-state index contributed by atoms with van der Waals surface area (Å²) >= 11 is 1.34. The van der Waals surface area contributed by atoms with Crippen molar-refractivity contribution in [1.82, 2.24) is 4.72 Å². The Bertz CT molecular complexity index is 1240. The second-order valence-electron chi connectivity index (χ2n) is 9.82. The van der Waals surface area contributed by atoms with Gasteiger partial charge < -0.3 is 14.8 Å². The Morgan fingerprint density at radius 2 is 1.78 bits per heavy atom. The van der Waals surface area contributed by atoms with Crippen LogP contribution in [-0.2, 0) is 41.9 Å². The molecule has 9 nitrogen and oxygen atoms in total. The summed E-state index contributed by atoms with van der Waals surface area (Å²) in [6, 6.07) is 6.49. The number of benzene rings is 1. The van der Waals surface area contributed by atoms with Crippen LogP contribution >= 0.6 is 11.3 Å². The first kappa shape index (κ1) is 28.8. The molecule has 1 heterocycles. The Balaban J connectivity index is 1.70. The number of nitrogens with one attached hydrogen (secondary N) is 2. The van der Waals surface area contributed by atoms with Crippen molar-refractivity contribution in [3.05, 3.63) is 46.3 Å². The Hall–Kier alpha value is -2.76. The first-order chi connectivity index (χ1) is 17.4. The maximum absolute atomic E-state index is 12.8. The van der Waals surface area contributed by atoms with E-state index in [1.165, 1.54) is 23.5 Å². The summed E-state index contributed by atoms with van der Waals surface area (Å²) < 4.78 is 38.3. The number of anilines is 1. The van der Waals surface area contributed by atoms with Gasteiger partial charge in [-0.3, -0.25) is 9.59 Å². The molecule has 2 N–H and O–H groups in total. The summed E-state index contributed by atoms with van der Waals surface area (Å²) in [5, 5.41) is 3.07. The quantitative estimate of drug-likeness (QED) is 0.429. The molecule has 0 saturated carbocycles. The Labute approximate surface area is 222 Å². The molecular weight excluding hydrogens is 516 g/mol. The van der Waals surface area contributed by atoms with Gasteiger partial charge in [0.1, 0.15) is 11.0 Å². The lowest BCUT2D eigenvalue weighted by Crippen LogP contribution is -2.45. The SMILES string of the molecule is CC(C)OC(=O)c1c(NC(=O)COC(=O)[C@@H](NS(=O)(=O)c2ccccc2)C(C)C)sc2c1CC[C@@H](C)C2. The first-order valence-corrected chi connectivity index (χ1v) is 14.6. The molecule has 0 saturated heterocycles. The molecule has 1 aromatic heterocycles. The monoisotopic (exact) mass is 550 g/mol. The van der Waals surface area contributed by atoms with E-state index in [0.29, 0.717) is 16.5 Å². The lowest BCUT2D eigenvalue weighted by atomic mass is 9.88. The average Bonchev–Trinajstić information content (AvgIpc) is 3.17. The van der Waals surface area contributed by atoms with Crippen molar-refractivity contribution in [2.45, 2.75) is 70.9 Å². The van der Waals surface area contributed by atoms with Crippen LogP contribution in [0.2, 0.25) is 0 Å². The number of hydrogen-bond acceptors (Lipinski definition) is 8. The number of fused-ring (bicyclic) bond motifs is 1. The van der Waals surface area contributed by atoms with Gasteiger partial charge in [0.25, 0.3) is 5.91 Å². The summed E-state index contributed by atoms with van der Waals surface area (Å²) in [5.74, 6) is -1.96. The van der Waals surface area contributed by atoms with Gasteiger partial charge in [0.05, 0.1) is 16.6 Å². The van der Waals surface area contributed by atoms with E-state index in [-0.39, 0.29) is 11.0 Å². The van der Waals surface area contributed by atoms with Crippen LogP contribution in [-0.4, -0.2) is 45.0 Å². The number of thiophene rings is 1. The van der Waals surface area contributed by atoms with Crippen LogP contribution in [0.3, 0.4) is 0 Å². The smallest absolute Gasteiger partial charge is 0.341 e. The van der Waals surface area contributed by atoms with Gasteiger partial charge >= 0.3 is 11.9 Å². The molecule has 1 aliphatic rings. The normalized spacial score (nSPS) is 16.2. The van der Waals surface area contributed by atoms with Crippen molar-refractivity contribution >= 4 is 44.2 Å². The highest BCUT2D eigenvalue weighted by atomic mass is 32.2. The Morgan fingerprint density at radius 3 is 2.41 bits per heavy atom. The summed E-state index contributed by atoms with van der Waals surface area (Å²) in [6.45, 7) is 8.37. The minimum absolute atomic E-state index is 0.0167. The third-order valence-corrected chi connectivity index (χ3v) is 8.54. The molecule has 2 atom stereocenters. The molecule has 0 bridgehead atoms. The highest BCUT2D eigenvalue weighted by molar-refractivity contribution is 7.89. The molecule has 1 aliphatic carbocycles. The topological polar surface area (TPSA) is 128 Å². The van der Waals surface area contributed by atoms with E-state index < -0.39 is 46.4 Å². The van der Waals surface area contributed by atoms with Crippen LogP contribution in [0.15, 0.2) is 35.2 Å². The van der Waals surface area contributed by atoms with Crippen LogP contribution in [0, 0.1) is 11.8 Å². The largest absolute Gasteiger partial charge is 0.459 e. The fraction of sp³-hybridized carbons (Fsp3) is 0.500. The maximum atomic E-state index is 12.8.